The molecule has 0 unspecified atom stereocenters. The quantitative estimate of drug-likeness (QED) is 0.439. The zero-order valence-corrected chi connectivity index (χ0v) is 19.1. The van der Waals surface area contributed by atoms with Gasteiger partial charge in [-0.2, -0.15) is 5.26 Å². The zero-order chi connectivity index (χ0) is 24.5. The summed E-state index contributed by atoms with van der Waals surface area (Å²) in [6.45, 7) is 0.414. The Morgan fingerprint density at radius 1 is 1.17 bits per heavy atom. The Morgan fingerprint density at radius 2 is 2.00 bits per heavy atom. The van der Waals surface area contributed by atoms with Gasteiger partial charge >= 0.3 is 5.97 Å². The molecule has 5 nitrogen and oxygen atoms in total. The monoisotopic (exact) mass is 475 g/mol. The third kappa shape index (κ3) is 4.32. The van der Waals surface area contributed by atoms with Crippen molar-refractivity contribution in [1.82, 2.24) is 0 Å². The molecular weight excluding hydrogens is 452 g/mol. The Hall–Kier alpha value is -3.92. The predicted molar refractivity (Wildman–Crippen MR) is 123 cm³/mol. The van der Waals surface area contributed by atoms with Gasteiger partial charge in [0.1, 0.15) is 17.6 Å². The first-order valence-electron chi connectivity index (χ1n) is 11.5. The number of halogens is 2. The van der Waals surface area contributed by atoms with Crippen LogP contribution in [0.1, 0.15) is 58.2 Å². The fourth-order valence-corrected chi connectivity index (χ4v) is 4.99. The summed E-state index contributed by atoms with van der Waals surface area (Å²) in [6, 6.07) is 15.5. The average molecular weight is 475 g/mol. The molecule has 1 aliphatic carbocycles. The van der Waals surface area contributed by atoms with E-state index in [0.29, 0.717) is 42.1 Å². The highest BCUT2D eigenvalue weighted by molar-refractivity contribution is 5.71. The van der Waals surface area contributed by atoms with Crippen LogP contribution in [-0.4, -0.2) is 19.7 Å². The molecule has 0 amide bonds. The summed E-state index contributed by atoms with van der Waals surface area (Å²) in [5.74, 6) is -0.779. The van der Waals surface area contributed by atoms with Gasteiger partial charge in [0.2, 0.25) is 0 Å². The van der Waals surface area contributed by atoms with Crippen molar-refractivity contribution in [2.75, 3.05) is 13.7 Å². The van der Waals surface area contributed by atoms with E-state index in [-0.39, 0.29) is 36.4 Å². The van der Waals surface area contributed by atoms with Crippen LogP contribution in [0.25, 0.3) is 0 Å². The van der Waals surface area contributed by atoms with Crippen molar-refractivity contribution in [3.63, 3.8) is 0 Å². The number of nitrogens with zero attached hydrogens (tertiary/aromatic N) is 1. The van der Waals surface area contributed by atoms with Crippen LogP contribution in [0.4, 0.5) is 8.78 Å². The molecule has 0 aromatic heterocycles. The zero-order valence-electron chi connectivity index (χ0n) is 19.1. The van der Waals surface area contributed by atoms with Gasteiger partial charge in [-0.1, -0.05) is 24.3 Å². The standard InChI is InChI=1S/C28H23F2NO4/c1-33-27(32)12-18-15-34-26-13-19(6-8-20(18)26)35-25-10-9-21-22(25)7-5-17(14-31)23(21)11-16-3-2-4-24(29)28(16)30/h2-8,13,18,25H,9-12,15H2,1H3/t18-,25-/m1/s1. The van der Waals surface area contributed by atoms with Crippen LogP contribution in [0.5, 0.6) is 11.5 Å². The van der Waals surface area contributed by atoms with Crippen LogP contribution in [0.2, 0.25) is 0 Å². The molecule has 7 heteroatoms. The van der Waals surface area contributed by atoms with E-state index in [1.165, 1.54) is 13.2 Å². The number of nitriles is 1. The molecule has 0 radical (unpaired) electrons. The van der Waals surface area contributed by atoms with Gasteiger partial charge in [-0.15, -0.1) is 0 Å². The molecule has 35 heavy (non-hydrogen) atoms. The van der Waals surface area contributed by atoms with Crippen LogP contribution in [0.3, 0.4) is 0 Å². The second-order valence-electron chi connectivity index (χ2n) is 8.79. The van der Waals surface area contributed by atoms with Gasteiger partial charge in [0.25, 0.3) is 0 Å². The van der Waals surface area contributed by atoms with Gasteiger partial charge in [-0.3, -0.25) is 4.79 Å². The SMILES string of the molecule is COC(=O)C[C@@H]1COc2cc(O[C@@H]3CCc4c3ccc(C#N)c4Cc3cccc(F)c3F)ccc21. The first-order valence-corrected chi connectivity index (χ1v) is 11.5. The smallest absolute Gasteiger partial charge is 0.306 e. The first kappa shape index (κ1) is 22.9. The summed E-state index contributed by atoms with van der Waals surface area (Å²) >= 11 is 0. The molecule has 2 atom stereocenters. The maximum absolute atomic E-state index is 14.3. The average Bonchev–Trinajstić information content (AvgIpc) is 3.46. The molecule has 3 aromatic rings. The van der Waals surface area contributed by atoms with Gasteiger partial charge in [-0.25, -0.2) is 8.78 Å². The number of carbonyl (C=O) groups excluding carboxylic acids is 1. The normalized spacial score (nSPS) is 17.8. The molecule has 0 fully saturated rings. The Bertz CT molecular complexity index is 1350. The molecule has 0 saturated heterocycles. The lowest BCUT2D eigenvalue weighted by Crippen LogP contribution is -2.09. The highest BCUT2D eigenvalue weighted by Crippen LogP contribution is 2.42. The van der Waals surface area contributed by atoms with E-state index < -0.39 is 11.6 Å². The van der Waals surface area contributed by atoms with Crippen molar-refractivity contribution in [1.29, 1.82) is 5.26 Å². The number of hydrogen-bond donors (Lipinski definition) is 0. The summed E-state index contributed by atoms with van der Waals surface area (Å²) < 4.78 is 44.9. The molecule has 178 valence electrons. The Kier molecular flexibility index (Phi) is 6.12. The topological polar surface area (TPSA) is 68.6 Å². The van der Waals surface area contributed by atoms with Crippen molar-refractivity contribution in [2.24, 2.45) is 0 Å². The molecule has 2 aliphatic rings. The highest BCUT2D eigenvalue weighted by Gasteiger charge is 2.30. The van der Waals surface area contributed by atoms with Crippen molar-refractivity contribution in [2.45, 2.75) is 37.7 Å². The summed E-state index contributed by atoms with van der Waals surface area (Å²) in [6.07, 6.45) is 1.53. The van der Waals surface area contributed by atoms with E-state index >= 15 is 0 Å². The second-order valence-corrected chi connectivity index (χ2v) is 8.79. The van der Waals surface area contributed by atoms with E-state index in [1.807, 2.05) is 24.3 Å². The lowest BCUT2D eigenvalue weighted by molar-refractivity contribution is -0.141. The molecule has 0 saturated carbocycles. The highest BCUT2D eigenvalue weighted by atomic mass is 19.2. The maximum atomic E-state index is 14.3. The third-order valence-electron chi connectivity index (χ3n) is 6.77. The minimum absolute atomic E-state index is 0.0473. The van der Waals surface area contributed by atoms with Gasteiger partial charge in [0.05, 0.1) is 31.8 Å². The summed E-state index contributed by atoms with van der Waals surface area (Å²) in [5.41, 5.74) is 4.23. The van der Waals surface area contributed by atoms with Crippen LogP contribution in [0, 0.1) is 23.0 Å². The molecule has 3 aromatic carbocycles. The molecule has 0 N–H and O–H groups in total. The van der Waals surface area contributed by atoms with Crippen molar-refractivity contribution in [3.05, 3.63) is 93.5 Å². The molecule has 0 bridgehead atoms. The van der Waals surface area contributed by atoms with E-state index in [0.717, 1.165) is 22.8 Å². The number of ether oxygens (including phenoxy) is 3. The second kappa shape index (κ2) is 9.38. The predicted octanol–water partition coefficient (Wildman–Crippen LogP) is 5.53. The fourth-order valence-electron chi connectivity index (χ4n) is 4.99. The number of rotatable bonds is 6. The molecule has 0 spiro atoms. The summed E-state index contributed by atoms with van der Waals surface area (Å²) in [7, 11) is 1.37. The third-order valence-corrected chi connectivity index (χ3v) is 6.77. The Labute approximate surface area is 201 Å². The van der Waals surface area contributed by atoms with Crippen LogP contribution < -0.4 is 9.47 Å². The number of carbonyl (C=O) groups is 1. The maximum Gasteiger partial charge on any atom is 0.306 e. The first-order chi connectivity index (χ1) is 17.0. The molecular formula is C28H23F2NO4. The summed E-state index contributed by atoms with van der Waals surface area (Å²) in [5, 5.41) is 9.64. The van der Waals surface area contributed by atoms with Crippen molar-refractivity contribution >= 4 is 5.97 Å². The minimum atomic E-state index is -0.901. The summed E-state index contributed by atoms with van der Waals surface area (Å²) in [4.78, 5) is 11.7. The van der Waals surface area contributed by atoms with Crippen molar-refractivity contribution in [3.8, 4) is 17.6 Å². The minimum Gasteiger partial charge on any atom is -0.492 e. The molecule has 1 heterocycles. The fraction of sp³-hybridized carbons (Fsp3) is 0.286. The number of esters is 1. The number of methoxy groups -OCH3 is 1. The van der Waals surface area contributed by atoms with Gasteiger partial charge in [-0.05, 0) is 53.3 Å². The van der Waals surface area contributed by atoms with Crippen LogP contribution in [-0.2, 0) is 22.4 Å². The number of fused-ring (bicyclic) bond motifs is 2. The van der Waals surface area contributed by atoms with Crippen LogP contribution in [0.15, 0.2) is 48.5 Å². The van der Waals surface area contributed by atoms with E-state index in [2.05, 4.69) is 6.07 Å². The van der Waals surface area contributed by atoms with Crippen molar-refractivity contribution < 1.29 is 27.8 Å². The van der Waals surface area contributed by atoms with Gasteiger partial charge in [0, 0.05) is 24.0 Å². The number of hydrogen-bond acceptors (Lipinski definition) is 5. The lowest BCUT2D eigenvalue weighted by Gasteiger charge is -2.17. The molecule has 5 rings (SSSR count). The molecule has 1 aliphatic heterocycles. The largest absolute Gasteiger partial charge is 0.492 e. The van der Waals surface area contributed by atoms with Gasteiger partial charge < -0.3 is 14.2 Å². The Morgan fingerprint density at radius 3 is 2.80 bits per heavy atom. The van der Waals surface area contributed by atoms with E-state index in [9.17, 15) is 18.8 Å². The Balaban J connectivity index is 1.39. The number of benzene rings is 3. The lowest BCUT2D eigenvalue weighted by atomic mass is 9.92. The van der Waals surface area contributed by atoms with E-state index in [1.54, 1.807) is 12.1 Å². The van der Waals surface area contributed by atoms with Crippen LogP contribution >= 0.6 is 0 Å². The van der Waals surface area contributed by atoms with E-state index in [4.69, 9.17) is 14.2 Å². The van der Waals surface area contributed by atoms with Gasteiger partial charge in [0.15, 0.2) is 11.6 Å².